The lowest BCUT2D eigenvalue weighted by molar-refractivity contribution is 0.0932. The lowest BCUT2D eigenvalue weighted by Gasteiger charge is -2.19. The Balaban J connectivity index is 1.51. The first kappa shape index (κ1) is 22.0. The zero-order valence-corrected chi connectivity index (χ0v) is 20.4. The highest BCUT2D eigenvalue weighted by atomic mass is 127. The second kappa shape index (κ2) is 7.87. The number of rotatable bonds is 5. The summed E-state index contributed by atoms with van der Waals surface area (Å²) in [6, 6.07) is 12.9. The number of aromatic nitrogens is 3. The van der Waals surface area contributed by atoms with Crippen LogP contribution in [0.5, 0.6) is 0 Å². The van der Waals surface area contributed by atoms with Gasteiger partial charge in [0.2, 0.25) is 0 Å². The standard InChI is InChI=1S/C23H18FIN4O3S/c1-33(31,32)21-10-14(6-9-26-21)23(7-8-23)28-22(30)18-11-16(25)12-20-19(18)13-27-29(20)17-4-2-15(24)3-5-17/h2-6,9-13H,7-8H2,1H3,(H,28,30). The SMILES string of the molecule is CS(=O)(=O)c1cc(C2(NC(=O)c3cc(I)cc4c3cnn4-c3ccc(F)cc3)CC2)ccn1. The van der Waals surface area contributed by atoms with Gasteiger partial charge in [-0.15, -0.1) is 0 Å². The molecule has 0 unspecified atom stereocenters. The van der Waals surface area contributed by atoms with Gasteiger partial charge >= 0.3 is 0 Å². The highest BCUT2D eigenvalue weighted by Gasteiger charge is 2.46. The molecule has 33 heavy (non-hydrogen) atoms. The minimum absolute atomic E-state index is 0.0160. The zero-order valence-electron chi connectivity index (χ0n) is 17.4. The van der Waals surface area contributed by atoms with Crippen molar-refractivity contribution < 1.29 is 17.6 Å². The van der Waals surface area contributed by atoms with Gasteiger partial charge in [-0.2, -0.15) is 5.10 Å². The molecule has 1 saturated carbocycles. The fourth-order valence-electron chi connectivity index (χ4n) is 3.87. The maximum atomic E-state index is 13.4. The van der Waals surface area contributed by atoms with Gasteiger partial charge in [0.1, 0.15) is 5.82 Å². The number of benzene rings is 2. The largest absolute Gasteiger partial charge is 0.342 e. The molecule has 4 aromatic rings. The summed E-state index contributed by atoms with van der Waals surface area (Å²) in [5, 5.41) is 8.18. The van der Waals surface area contributed by atoms with Gasteiger partial charge in [0.15, 0.2) is 14.9 Å². The summed E-state index contributed by atoms with van der Waals surface area (Å²) >= 11 is 2.15. The monoisotopic (exact) mass is 576 g/mol. The Bertz CT molecular complexity index is 1510. The number of carbonyl (C=O) groups is 1. The molecule has 0 saturated heterocycles. The van der Waals surface area contributed by atoms with Crippen molar-refractivity contribution >= 4 is 49.2 Å². The molecule has 0 aliphatic heterocycles. The molecule has 10 heteroatoms. The van der Waals surface area contributed by atoms with E-state index >= 15 is 0 Å². The topological polar surface area (TPSA) is 94.0 Å². The van der Waals surface area contributed by atoms with Crippen LogP contribution in [0.25, 0.3) is 16.6 Å². The van der Waals surface area contributed by atoms with Crippen LogP contribution < -0.4 is 5.32 Å². The van der Waals surface area contributed by atoms with Crippen molar-refractivity contribution in [1.29, 1.82) is 0 Å². The van der Waals surface area contributed by atoms with Crippen LogP contribution in [-0.2, 0) is 15.4 Å². The van der Waals surface area contributed by atoms with Gasteiger partial charge in [0.25, 0.3) is 5.91 Å². The average molecular weight is 576 g/mol. The van der Waals surface area contributed by atoms with Crippen molar-refractivity contribution in [2.45, 2.75) is 23.4 Å². The van der Waals surface area contributed by atoms with Crippen molar-refractivity contribution in [1.82, 2.24) is 20.1 Å². The summed E-state index contributed by atoms with van der Waals surface area (Å²) in [4.78, 5) is 17.3. The van der Waals surface area contributed by atoms with E-state index in [4.69, 9.17) is 0 Å². The molecular weight excluding hydrogens is 558 g/mol. The number of pyridine rings is 1. The molecule has 2 heterocycles. The summed E-state index contributed by atoms with van der Waals surface area (Å²) < 4.78 is 39.7. The van der Waals surface area contributed by atoms with Gasteiger partial charge in [0, 0.05) is 21.4 Å². The molecule has 1 amide bonds. The van der Waals surface area contributed by atoms with Gasteiger partial charge in [-0.1, -0.05) is 0 Å². The van der Waals surface area contributed by atoms with Gasteiger partial charge in [0.05, 0.1) is 28.5 Å². The number of sulfone groups is 1. The fraction of sp³-hybridized carbons (Fsp3) is 0.174. The summed E-state index contributed by atoms with van der Waals surface area (Å²) in [5.74, 6) is -0.609. The molecule has 168 valence electrons. The van der Waals surface area contributed by atoms with Crippen LogP contribution in [0.15, 0.2) is 66.0 Å². The number of fused-ring (bicyclic) bond motifs is 1. The Hall–Kier alpha value is -2.86. The molecule has 7 nitrogen and oxygen atoms in total. The predicted octanol–water partition coefficient (Wildman–Crippen LogP) is 3.99. The quantitative estimate of drug-likeness (QED) is 0.363. The van der Waals surface area contributed by atoms with E-state index in [0.717, 1.165) is 20.9 Å². The molecule has 5 rings (SSSR count). The van der Waals surface area contributed by atoms with Crippen molar-refractivity contribution in [3.8, 4) is 5.69 Å². The minimum atomic E-state index is -3.46. The van der Waals surface area contributed by atoms with Gasteiger partial charge < -0.3 is 5.32 Å². The smallest absolute Gasteiger partial charge is 0.252 e. The van der Waals surface area contributed by atoms with Crippen molar-refractivity contribution in [2.24, 2.45) is 0 Å². The lowest BCUT2D eigenvalue weighted by Crippen LogP contribution is -2.35. The molecule has 1 N–H and O–H groups in total. The first-order valence-electron chi connectivity index (χ1n) is 10.1. The summed E-state index contributed by atoms with van der Waals surface area (Å²) in [6.45, 7) is 0. The molecule has 1 fully saturated rings. The van der Waals surface area contributed by atoms with Crippen LogP contribution in [-0.4, -0.2) is 35.3 Å². The van der Waals surface area contributed by atoms with E-state index < -0.39 is 15.4 Å². The molecule has 0 spiro atoms. The van der Waals surface area contributed by atoms with Gasteiger partial charge in [-0.05, 0) is 89.5 Å². The highest BCUT2D eigenvalue weighted by Crippen LogP contribution is 2.46. The van der Waals surface area contributed by atoms with Crippen LogP contribution in [0.4, 0.5) is 4.39 Å². The normalized spacial score (nSPS) is 14.9. The Morgan fingerprint density at radius 2 is 1.88 bits per heavy atom. The van der Waals surface area contributed by atoms with Crippen LogP contribution in [0.3, 0.4) is 0 Å². The molecule has 2 aromatic heterocycles. The molecule has 1 aliphatic carbocycles. The number of nitrogens with zero attached hydrogens (tertiary/aromatic N) is 3. The number of hydrogen-bond acceptors (Lipinski definition) is 5. The van der Waals surface area contributed by atoms with Crippen LogP contribution in [0.2, 0.25) is 0 Å². The number of nitrogens with one attached hydrogen (secondary N) is 1. The highest BCUT2D eigenvalue weighted by molar-refractivity contribution is 14.1. The first-order valence-corrected chi connectivity index (χ1v) is 13.1. The molecule has 0 atom stereocenters. The average Bonchev–Trinajstić information content (AvgIpc) is 3.44. The predicted molar refractivity (Wildman–Crippen MR) is 129 cm³/mol. The Morgan fingerprint density at radius 3 is 2.55 bits per heavy atom. The number of hydrogen-bond donors (Lipinski definition) is 1. The molecule has 1 aliphatic rings. The molecule has 0 radical (unpaired) electrons. The Kier molecular flexibility index (Phi) is 5.24. The second-order valence-electron chi connectivity index (χ2n) is 8.11. The van der Waals surface area contributed by atoms with Crippen LogP contribution in [0.1, 0.15) is 28.8 Å². The van der Waals surface area contributed by atoms with Gasteiger partial charge in [-0.25, -0.2) is 22.5 Å². The van der Waals surface area contributed by atoms with Gasteiger partial charge in [-0.3, -0.25) is 4.79 Å². The maximum Gasteiger partial charge on any atom is 0.252 e. The van der Waals surface area contributed by atoms with E-state index in [1.165, 1.54) is 24.4 Å². The third kappa shape index (κ3) is 4.12. The lowest BCUT2D eigenvalue weighted by atomic mass is 10.0. The van der Waals surface area contributed by atoms with E-state index in [-0.39, 0.29) is 16.8 Å². The summed E-state index contributed by atoms with van der Waals surface area (Å²) in [5.41, 5.74) is 1.97. The minimum Gasteiger partial charge on any atom is -0.342 e. The Morgan fingerprint density at radius 1 is 1.15 bits per heavy atom. The molecule has 2 aromatic carbocycles. The van der Waals surface area contributed by atoms with E-state index in [0.29, 0.717) is 29.5 Å². The van der Waals surface area contributed by atoms with Crippen molar-refractivity contribution in [2.75, 3.05) is 6.26 Å². The number of carbonyl (C=O) groups excluding carboxylic acids is 1. The van der Waals surface area contributed by atoms with E-state index in [2.05, 4.69) is 38.0 Å². The first-order chi connectivity index (χ1) is 15.7. The number of amides is 1. The number of halogens is 2. The maximum absolute atomic E-state index is 13.4. The molecular formula is C23H18FIN4O3S. The fourth-order valence-corrected chi connectivity index (χ4v) is 5.07. The second-order valence-corrected chi connectivity index (χ2v) is 11.3. The van der Waals surface area contributed by atoms with E-state index in [1.54, 1.807) is 35.1 Å². The van der Waals surface area contributed by atoms with Crippen LogP contribution >= 0.6 is 22.6 Å². The van der Waals surface area contributed by atoms with E-state index in [1.807, 2.05) is 6.07 Å². The summed E-state index contributed by atoms with van der Waals surface area (Å²) in [6.07, 6.45) is 5.59. The third-order valence-electron chi connectivity index (χ3n) is 5.74. The van der Waals surface area contributed by atoms with Crippen molar-refractivity contribution in [3.63, 3.8) is 0 Å². The zero-order chi connectivity index (χ0) is 23.4. The van der Waals surface area contributed by atoms with Crippen LogP contribution in [0, 0.1) is 9.39 Å². The van der Waals surface area contributed by atoms with E-state index in [9.17, 15) is 17.6 Å². The molecule has 0 bridgehead atoms. The summed E-state index contributed by atoms with van der Waals surface area (Å²) in [7, 11) is -3.46. The Labute approximate surface area is 203 Å². The third-order valence-corrected chi connectivity index (χ3v) is 7.35. The van der Waals surface area contributed by atoms with Crippen molar-refractivity contribution in [3.05, 3.63) is 81.4 Å².